The zero-order valence-corrected chi connectivity index (χ0v) is 17.4. The Morgan fingerprint density at radius 2 is 1.80 bits per heavy atom. The average molecular weight is 427 g/mol. The van der Waals surface area contributed by atoms with E-state index in [0.29, 0.717) is 37.4 Å². The van der Waals surface area contributed by atoms with Crippen molar-refractivity contribution in [1.82, 2.24) is 15.5 Å². The van der Waals surface area contributed by atoms with Crippen molar-refractivity contribution in [3.8, 4) is 5.75 Å². The standard InChI is InChI=1S/C21H28F3N3O3/c1-20(2,3)12-26-18(28)11-27-9-16-15(17(16)10-27)8-25-19(29)13-5-4-6-14(7-13)30-21(22,23)24/h4-7,15-17H,8-12H2,1-3H3,(H,25,29)(H,26,28). The van der Waals surface area contributed by atoms with Crippen molar-refractivity contribution in [2.75, 3.05) is 32.7 Å². The van der Waals surface area contributed by atoms with Crippen LogP contribution in [0.15, 0.2) is 24.3 Å². The lowest BCUT2D eigenvalue weighted by molar-refractivity contribution is -0.274. The van der Waals surface area contributed by atoms with Gasteiger partial charge in [0.15, 0.2) is 0 Å². The largest absolute Gasteiger partial charge is 0.573 e. The predicted molar refractivity (Wildman–Crippen MR) is 105 cm³/mol. The second kappa shape index (κ2) is 8.45. The lowest BCUT2D eigenvalue weighted by atomic mass is 9.97. The van der Waals surface area contributed by atoms with Crippen LogP contribution in [0.25, 0.3) is 0 Å². The Morgan fingerprint density at radius 1 is 1.13 bits per heavy atom. The van der Waals surface area contributed by atoms with Crippen molar-refractivity contribution in [2.24, 2.45) is 23.2 Å². The number of rotatable bonds is 7. The first-order valence-electron chi connectivity index (χ1n) is 10.0. The summed E-state index contributed by atoms with van der Waals surface area (Å²) in [6.07, 6.45) is -4.80. The van der Waals surface area contributed by atoms with E-state index in [1.165, 1.54) is 12.1 Å². The fourth-order valence-corrected chi connectivity index (χ4v) is 3.94. The maximum absolute atomic E-state index is 12.3. The van der Waals surface area contributed by atoms with E-state index < -0.39 is 18.0 Å². The normalized spacial score (nSPS) is 23.6. The molecule has 0 bridgehead atoms. The van der Waals surface area contributed by atoms with Crippen molar-refractivity contribution in [2.45, 2.75) is 27.1 Å². The highest BCUT2D eigenvalue weighted by molar-refractivity contribution is 5.94. The molecule has 9 heteroatoms. The third-order valence-electron chi connectivity index (χ3n) is 5.46. The first-order valence-corrected chi connectivity index (χ1v) is 10.0. The van der Waals surface area contributed by atoms with Crippen LogP contribution < -0.4 is 15.4 Å². The van der Waals surface area contributed by atoms with Gasteiger partial charge in [0.05, 0.1) is 6.54 Å². The molecule has 6 nitrogen and oxygen atoms in total. The molecule has 0 spiro atoms. The molecule has 2 atom stereocenters. The summed E-state index contributed by atoms with van der Waals surface area (Å²) in [5.41, 5.74) is 0.171. The van der Waals surface area contributed by atoms with Gasteiger partial charge in [-0.3, -0.25) is 14.5 Å². The molecule has 0 radical (unpaired) electrons. The van der Waals surface area contributed by atoms with Crippen LogP contribution in [0.1, 0.15) is 31.1 Å². The molecule has 1 aromatic rings. The summed E-state index contributed by atoms with van der Waals surface area (Å²) in [5.74, 6) is 0.417. The minimum absolute atomic E-state index is 0.0250. The molecule has 0 aromatic heterocycles. The molecule has 1 saturated heterocycles. The molecule has 3 rings (SSSR count). The molecular weight excluding hydrogens is 399 g/mol. The molecule has 166 valence electrons. The predicted octanol–water partition coefficient (Wildman–Crippen LogP) is 2.66. The highest BCUT2D eigenvalue weighted by Crippen LogP contribution is 2.51. The van der Waals surface area contributed by atoms with Crippen LogP contribution in [0.4, 0.5) is 13.2 Å². The molecule has 2 fully saturated rings. The van der Waals surface area contributed by atoms with Gasteiger partial charge in [-0.25, -0.2) is 0 Å². The fourth-order valence-electron chi connectivity index (χ4n) is 3.94. The van der Waals surface area contributed by atoms with E-state index in [0.717, 1.165) is 25.2 Å². The van der Waals surface area contributed by atoms with Crippen LogP contribution in [0.3, 0.4) is 0 Å². The molecule has 1 aliphatic heterocycles. The first-order chi connectivity index (χ1) is 13.9. The van der Waals surface area contributed by atoms with E-state index in [1.807, 2.05) is 0 Å². The molecule has 1 heterocycles. The van der Waals surface area contributed by atoms with Crippen molar-refractivity contribution in [1.29, 1.82) is 0 Å². The maximum atomic E-state index is 12.3. The number of ether oxygens (including phenoxy) is 1. The Morgan fingerprint density at radius 3 is 2.40 bits per heavy atom. The van der Waals surface area contributed by atoms with Crippen LogP contribution in [-0.4, -0.2) is 55.8 Å². The highest BCUT2D eigenvalue weighted by atomic mass is 19.4. The van der Waals surface area contributed by atoms with E-state index in [-0.39, 0.29) is 16.9 Å². The number of nitrogens with one attached hydrogen (secondary N) is 2. The smallest absolute Gasteiger partial charge is 0.406 e. The molecule has 1 aromatic carbocycles. The summed E-state index contributed by atoms with van der Waals surface area (Å²) >= 11 is 0. The summed E-state index contributed by atoms with van der Waals surface area (Å²) in [5, 5.41) is 5.75. The SMILES string of the molecule is CC(C)(C)CNC(=O)CN1CC2C(CNC(=O)c3cccc(OC(F)(F)F)c3)C2C1. The van der Waals surface area contributed by atoms with Gasteiger partial charge in [0.1, 0.15) is 5.75 Å². The summed E-state index contributed by atoms with van der Waals surface area (Å²) < 4.78 is 40.8. The van der Waals surface area contributed by atoms with Crippen LogP contribution in [0.5, 0.6) is 5.75 Å². The van der Waals surface area contributed by atoms with Gasteiger partial charge in [-0.15, -0.1) is 13.2 Å². The van der Waals surface area contributed by atoms with Gasteiger partial charge in [0.25, 0.3) is 5.91 Å². The first kappa shape index (κ1) is 22.4. The number of piperidine rings is 1. The van der Waals surface area contributed by atoms with E-state index in [9.17, 15) is 22.8 Å². The van der Waals surface area contributed by atoms with Crippen molar-refractivity contribution in [3.05, 3.63) is 29.8 Å². The molecule has 2 N–H and O–H groups in total. The Kier molecular flexibility index (Phi) is 6.31. The van der Waals surface area contributed by atoms with E-state index in [4.69, 9.17) is 0 Å². The number of alkyl halides is 3. The summed E-state index contributed by atoms with van der Waals surface area (Å²) in [7, 11) is 0. The summed E-state index contributed by atoms with van der Waals surface area (Å²) in [6, 6.07) is 5.03. The molecular formula is C21H28F3N3O3. The number of amides is 2. The van der Waals surface area contributed by atoms with Crippen LogP contribution >= 0.6 is 0 Å². The number of likely N-dealkylation sites (tertiary alicyclic amines) is 1. The zero-order valence-electron chi connectivity index (χ0n) is 17.4. The number of carbonyl (C=O) groups excluding carboxylic acids is 2. The second-order valence-electron chi connectivity index (χ2n) is 9.31. The van der Waals surface area contributed by atoms with E-state index >= 15 is 0 Å². The Labute approximate surface area is 174 Å². The third kappa shape index (κ3) is 6.35. The van der Waals surface area contributed by atoms with Crippen LogP contribution in [-0.2, 0) is 4.79 Å². The van der Waals surface area contributed by atoms with Crippen LogP contribution in [0, 0.1) is 23.2 Å². The number of hydrogen-bond donors (Lipinski definition) is 2. The average Bonchev–Trinajstić information content (AvgIpc) is 3.07. The molecule has 2 amide bonds. The minimum Gasteiger partial charge on any atom is -0.406 e. The van der Waals surface area contributed by atoms with Crippen molar-refractivity contribution in [3.63, 3.8) is 0 Å². The van der Waals surface area contributed by atoms with Crippen molar-refractivity contribution < 1.29 is 27.5 Å². The lowest BCUT2D eigenvalue weighted by Crippen LogP contribution is -2.41. The maximum Gasteiger partial charge on any atom is 0.573 e. The Hall–Kier alpha value is -2.29. The van der Waals surface area contributed by atoms with Gasteiger partial charge >= 0.3 is 6.36 Å². The van der Waals surface area contributed by atoms with Crippen molar-refractivity contribution >= 4 is 11.8 Å². The third-order valence-corrected chi connectivity index (χ3v) is 5.46. The van der Waals surface area contributed by atoms with E-state index in [2.05, 4.69) is 41.0 Å². The minimum atomic E-state index is -4.80. The van der Waals surface area contributed by atoms with E-state index in [1.54, 1.807) is 0 Å². The van der Waals surface area contributed by atoms with Gasteiger partial charge in [0, 0.05) is 31.7 Å². The quantitative estimate of drug-likeness (QED) is 0.702. The number of halogens is 3. The number of fused-ring (bicyclic) bond motifs is 1. The molecule has 1 saturated carbocycles. The molecule has 30 heavy (non-hydrogen) atoms. The van der Waals surface area contributed by atoms with Gasteiger partial charge in [-0.2, -0.15) is 0 Å². The molecule has 2 unspecified atom stereocenters. The molecule has 2 aliphatic rings. The summed E-state index contributed by atoms with van der Waals surface area (Å²) in [6.45, 7) is 9.34. The van der Waals surface area contributed by atoms with Gasteiger partial charge < -0.3 is 15.4 Å². The van der Waals surface area contributed by atoms with Gasteiger partial charge in [-0.05, 0) is 41.4 Å². The number of hydrogen-bond acceptors (Lipinski definition) is 4. The van der Waals surface area contributed by atoms with Gasteiger partial charge in [-0.1, -0.05) is 26.8 Å². The van der Waals surface area contributed by atoms with Crippen LogP contribution in [0.2, 0.25) is 0 Å². The highest BCUT2D eigenvalue weighted by Gasteiger charge is 2.55. The molecule has 1 aliphatic carbocycles. The summed E-state index contributed by atoms with van der Waals surface area (Å²) in [4.78, 5) is 26.4. The number of nitrogens with zero attached hydrogens (tertiary/aromatic N) is 1. The zero-order chi connectivity index (χ0) is 22.1. The Balaban J connectivity index is 1.39. The number of carbonyl (C=O) groups is 2. The number of benzene rings is 1. The van der Waals surface area contributed by atoms with Gasteiger partial charge in [0.2, 0.25) is 5.91 Å². The fraction of sp³-hybridized carbons (Fsp3) is 0.619. The topological polar surface area (TPSA) is 70.7 Å². The monoisotopic (exact) mass is 427 g/mol. The Bertz CT molecular complexity index is 780. The second-order valence-corrected chi connectivity index (χ2v) is 9.31. The lowest BCUT2D eigenvalue weighted by Gasteiger charge is -2.22.